The minimum atomic E-state index is -0.861. The average Bonchev–Trinajstić information content (AvgIpc) is 2.19. The van der Waals surface area contributed by atoms with Gasteiger partial charge in [-0.15, -0.1) is 0 Å². The number of rotatable bonds is 4. The van der Waals surface area contributed by atoms with Crippen LogP contribution in [0.1, 0.15) is 52.2 Å². The summed E-state index contributed by atoms with van der Waals surface area (Å²) in [5.41, 5.74) is 3.54. The van der Waals surface area contributed by atoms with Crippen LogP contribution in [0.4, 0.5) is 0 Å². The van der Waals surface area contributed by atoms with Gasteiger partial charge in [-0.3, -0.25) is 0 Å². The summed E-state index contributed by atoms with van der Waals surface area (Å²) in [5, 5.41) is 9.12. The molecule has 3 heteroatoms. The van der Waals surface area contributed by atoms with Gasteiger partial charge in [0.25, 0.3) is 0 Å². The van der Waals surface area contributed by atoms with Crippen LogP contribution in [-0.4, -0.2) is 18.2 Å². The van der Waals surface area contributed by atoms with Gasteiger partial charge in [-0.2, -0.15) is 0 Å². The monoisotopic (exact) mass is 234 g/mol. The van der Waals surface area contributed by atoms with Gasteiger partial charge in [0.2, 0.25) is 0 Å². The minimum absolute atomic E-state index is 0.389. The summed E-state index contributed by atoms with van der Waals surface area (Å²) in [6.45, 7) is 2.36. The second-order valence-electron chi connectivity index (χ2n) is 4.73. The van der Waals surface area contributed by atoms with Gasteiger partial charge in [0, 0.05) is 7.11 Å². The zero-order valence-corrected chi connectivity index (χ0v) is 10.3. The molecule has 1 aromatic carbocycles. The molecule has 1 N–H and O–H groups in total. The van der Waals surface area contributed by atoms with E-state index in [-0.39, 0.29) is 0 Å². The highest BCUT2D eigenvalue weighted by Crippen LogP contribution is 2.39. The molecule has 1 aliphatic carbocycles. The fraction of sp³-hybridized carbons (Fsp3) is 0.500. The van der Waals surface area contributed by atoms with Crippen LogP contribution in [0, 0.1) is 6.92 Å². The molecule has 0 saturated heterocycles. The second kappa shape index (κ2) is 4.88. The summed E-state index contributed by atoms with van der Waals surface area (Å²) in [4.78, 5) is 11.1. The van der Waals surface area contributed by atoms with Crippen molar-refractivity contribution in [1.82, 2.24) is 0 Å². The van der Waals surface area contributed by atoms with E-state index in [0.717, 1.165) is 11.1 Å². The summed E-state index contributed by atoms with van der Waals surface area (Å²) in [6.07, 6.45) is 3.70. The Kier molecular flexibility index (Phi) is 3.48. The number of carboxylic acids is 1. The molecule has 1 aliphatic rings. The number of aromatic carboxylic acids is 1. The Bertz CT molecular complexity index is 433. The van der Waals surface area contributed by atoms with Gasteiger partial charge in [0.1, 0.15) is 0 Å². The molecule has 0 amide bonds. The molecule has 1 fully saturated rings. The van der Waals surface area contributed by atoms with Gasteiger partial charge in [0.05, 0.1) is 12.2 Å². The van der Waals surface area contributed by atoms with Crippen LogP contribution >= 0.6 is 0 Å². The SMILES string of the molecule is COCc1cc(C(=O)O)c(C)cc1C1CCC1. The Balaban J connectivity index is 2.42. The number of carboxylic acid groups (broad SMARTS) is 1. The molecule has 0 atom stereocenters. The molecule has 0 unspecified atom stereocenters. The number of benzene rings is 1. The Morgan fingerprint density at radius 3 is 2.65 bits per heavy atom. The lowest BCUT2D eigenvalue weighted by molar-refractivity contribution is 0.0695. The highest BCUT2D eigenvalue weighted by atomic mass is 16.5. The Hall–Kier alpha value is -1.35. The van der Waals surface area contributed by atoms with Crippen LogP contribution < -0.4 is 0 Å². The van der Waals surface area contributed by atoms with Crippen molar-refractivity contribution >= 4 is 5.97 Å². The van der Waals surface area contributed by atoms with Crippen LogP contribution in [0.3, 0.4) is 0 Å². The molecule has 1 aromatic rings. The van der Waals surface area contributed by atoms with Crippen molar-refractivity contribution in [2.24, 2.45) is 0 Å². The first-order valence-corrected chi connectivity index (χ1v) is 5.99. The molecular weight excluding hydrogens is 216 g/mol. The van der Waals surface area contributed by atoms with E-state index in [0.29, 0.717) is 18.1 Å². The second-order valence-corrected chi connectivity index (χ2v) is 4.73. The standard InChI is InChI=1S/C14H18O3/c1-9-6-13(10-4-3-5-10)11(8-17-2)7-12(9)14(15)16/h6-7,10H,3-5,8H2,1-2H3,(H,15,16). The van der Waals surface area contributed by atoms with Crippen molar-refractivity contribution in [3.63, 3.8) is 0 Å². The first-order valence-electron chi connectivity index (χ1n) is 5.99. The number of methoxy groups -OCH3 is 1. The molecule has 92 valence electrons. The Labute approximate surface area is 101 Å². The van der Waals surface area contributed by atoms with E-state index in [4.69, 9.17) is 9.84 Å². The molecule has 0 aliphatic heterocycles. The van der Waals surface area contributed by atoms with Crippen molar-refractivity contribution in [1.29, 1.82) is 0 Å². The molecule has 3 nitrogen and oxygen atoms in total. The highest BCUT2D eigenvalue weighted by Gasteiger charge is 2.23. The fourth-order valence-corrected chi connectivity index (χ4v) is 2.39. The maximum Gasteiger partial charge on any atom is 0.335 e. The van der Waals surface area contributed by atoms with Crippen LogP contribution in [-0.2, 0) is 11.3 Å². The molecule has 17 heavy (non-hydrogen) atoms. The topological polar surface area (TPSA) is 46.5 Å². The van der Waals surface area contributed by atoms with E-state index < -0.39 is 5.97 Å². The molecule has 0 bridgehead atoms. The minimum Gasteiger partial charge on any atom is -0.478 e. The van der Waals surface area contributed by atoms with Crippen molar-refractivity contribution in [3.05, 3.63) is 34.4 Å². The van der Waals surface area contributed by atoms with E-state index in [1.54, 1.807) is 13.2 Å². The number of ether oxygens (including phenoxy) is 1. The van der Waals surface area contributed by atoms with Crippen molar-refractivity contribution in [2.75, 3.05) is 7.11 Å². The number of aryl methyl sites for hydroxylation is 1. The van der Waals surface area contributed by atoms with Crippen LogP contribution in [0.2, 0.25) is 0 Å². The summed E-state index contributed by atoms with van der Waals surface area (Å²) in [6, 6.07) is 3.80. The van der Waals surface area contributed by atoms with Gasteiger partial charge in [0.15, 0.2) is 0 Å². The lowest BCUT2D eigenvalue weighted by Gasteiger charge is -2.28. The van der Waals surface area contributed by atoms with E-state index in [2.05, 4.69) is 0 Å². The van der Waals surface area contributed by atoms with Crippen LogP contribution in [0.15, 0.2) is 12.1 Å². The van der Waals surface area contributed by atoms with Gasteiger partial charge >= 0.3 is 5.97 Å². The molecular formula is C14H18O3. The third kappa shape index (κ3) is 2.34. The van der Waals surface area contributed by atoms with Gasteiger partial charge in [-0.05, 0) is 48.4 Å². The maximum absolute atomic E-state index is 11.1. The number of carbonyl (C=O) groups is 1. The largest absolute Gasteiger partial charge is 0.478 e. The average molecular weight is 234 g/mol. The van der Waals surface area contributed by atoms with Crippen molar-refractivity contribution in [3.8, 4) is 0 Å². The lowest BCUT2D eigenvalue weighted by atomic mass is 9.77. The number of hydrogen-bond acceptors (Lipinski definition) is 2. The van der Waals surface area contributed by atoms with Gasteiger partial charge in [-0.25, -0.2) is 4.79 Å². The smallest absolute Gasteiger partial charge is 0.335 e. The summed E-state index contributed by atoms with van der Waals surface area (Å²) in [5.74, 6) is -0.262. The summed E-state index contributed by atoms with van der Waals surface area (Å²) in [7, 11) is 1.64. The van der Waals surface area contributed by atoms with E-state index in [1.165, 1.54) is 24.8 Å². The first kappa shape index (κ1) is 12.1. The predicted octanol–water partition coefficient (Wildman–Crippen LogP) is 3.11. The maximum atomic E-state index is 11.1. The molecule has 2 rings (SSSR count). The molecule has 0 spiro atoms. The molecule has 0 radical (unpaired) electrons. The zero-order valence-electron chi connectivity index (χ0n) is 10.3. The van der Waals surface area contributed by atoms with Gasteiger partial charge in [-0.1, -0.05) is 12.5 Å². The normalized spacial score (nSPS) is 15.6. The summed E-state index contributed by atoms with van der Waals surface area (Å²) < 4.78 is 5.17. The Morgan fingerprint density at radius 2 is 2.18 bits per heavy atom. The van der Waals surface area contributed by atoms with Crippen LogP contribution in [0.25, 0.3) is 0 Å². The quantitative estimate of drug-likeness (QED) is 0.870. The van der Waals surface area contributed by atoms with Crippen molar-refractivity contribution in [2.45, 2.75) is 38.7 Å². The molecule has 1 saturated carbocycles. The van der Waals surface area contributed by atoms with Gasteiger partial charge < -0.3 is 9.84 Å². The lowest BCUT2D eigenvalue weighted by Crippen LogP contribution is -2.13. The van der Waals surface area contributed by atoms with E-state index >= 15 is 0 Å². The van der Waals surface area contributed by atoms with E-state index in [1.807, 2.05) is 13.0 Å². The zero-order chi connectivity index (χ0) is 12.4. The fourth-order valence-electron chi connectivity index (χ4n) is 2.39. The third-order valence-electron chi connectivity index (χ3n) is 3.56. The summed E-state index contributed by atoms with van der Waals surface area (Å²) >= 11 is 0. The molecule has 0 heterocycles. The predicted molar refractivity (Wildman–Crippen MR) is 65.4 cm³/mol. The van der Waals surface area contributed by atoms with E-state index in [9.17, 15) is 4.79 Å². The highest BCUT2D eigenvalue weighted by molar-refractivity contribution is 5.89. The third-order valence-corrected chi connectivity index (χ3v) is 3.56. The van der Waals surface area contributed by atoms with Crippen molar-refractivity contribution < 1.29 is 14.6 Å². The first-order chi connectivity index (χ1) is 8.13. The van der Waals surface area contributed by atoms with Crippen LogP contribution in [0.5, 0.6) is 0 Å². The Morgan fingerprint density at radius 1 is 1.47 bits per heavy atom. The molecule has 0 aromatic heterocycles. The number of hydrogen-bond donors (Lipinski definition) is 1.